The lowest BCUT2D eigenvalue weighted by Crippen LogP contribution is -2.62. The van der Waals surface area contributed by atoms with Crippen molar-refractivity contribution in [3.8, 4) is 11.5 Å². The molecular formula is C20H21IO8. The lowest BCUT2D eigenvalue weighted by atomic mass is 9.74. The quantitative estimate of drug-likeness (QED) is 0.481. The van der Waals surface area contributed by atoms with Crippen molar-refractivity contribution in [2.75, 3.05) is 14.2 Å². The van der Waals surface area contributed by atoms with E-state index in [0.29, 0.717) is 9.13 Å². The average Bonchev–Trinajstić information content (AvgIpc) is 2.71. The van der Waals surface area contributed by atoms with Gasteiger partial charge in [0.25, 0.3) is 5.60 Å². The van der Waals surface area contributed by atoms with Gasteiger partial charge in [0, 0.05) is 12.8 Å². The number of rotatable bonds is 4. The predicted molar refractivity (Wildman–Crippen MR) is 109 cm³/mol. The number of Topliss-reactive ketones (excluding diaryl/α,β-unsaturated/α-hetero) is 1. The molecule has 0 spiro atoms. The van der Waals surface area contributed by atoms with Gasteiger partial charge in [0.15, 0.2) is 6.10 Å². The first-order valence-electron chi connectivity index (χ1n) is 9.04. The van der Waals surface area contributed by atoms with Crippen LogP contribution in [0.25, 0.3) is 0 Å². The zero-order valence-corrected chi connectivity index (χ0v) is 18.6. The zero-order chi connectivity index (χ0) is 21.5. The fraction of sp³-hybridized carbons (Fsp3) is 0.450. The number of phenolic OH excluding ortho intramolecular Hbond substituents is 1. The molecule has 1 aromatic rings. The molecule has 1 N–H and O–H groups in total. The van der Waals surface area contributed by atoms with Crippen molar-refractivity contribution in [3.63, 3.8) is 0 Å². The molecule has 2 aliphatic rings. The van der Waals surface area contributed by atoms with Gasteiger partial charge in [-0.15, -0.1) is 0 Å². The molecule has 156 valence electrons. The third-order valence-corrected chi connectivity index (χ3v) is 6.51. The molecule has 0 fully saturated rings. The van der Waals surface area contributed by atoms with E-state index in [1.165, 1.54) is 7.11 Å². The number of hydrogen-bond donors (Lipinski definition) is 1. The van der Waals surface area contributed by atoms with Gasteiger partial charge in [0.2, 0.25) is 5.78 Å². The molecule has 1 aromatic carbocycles. The van der Waals surface area contributed by atoms with E-state index >= 15 is 0 Å². The summed E-state index contributed by atoms with van der Waals surface area (Å²) >= 11 is 1.93. The van der Waals surface area contributed by atoms with Crippen LogP contribution in [-0.4, -0.2) is 48.8 Å². The van der Waals surface area contributed by atoms with Gasteiger partial charge >= 0.3 is 11.9 Å². The maximum Gasteiger partial charge on any atom is 0.359 e. The second-order valence-corrected chi connectivity index (χ2v) is 7.84. The Morgan fingerprint density at radius 3 is 2.66 bits per heavy atom. The number of aromatic hydroxyl groups is 1. The van der Waals surface area contributed by atoms with Gasteiger partial charge in [-0.25, -0.2) is 4.79 Å². The van der Waals surface area contributed by atoms with Gasteiger partial charge < -0.3 is 24.1 Å². The van der Waals surface area contributed by atoms with Crippen molar-refractivity contribution in [2.45, 2.75) is 44.8 Å². The van der Waals surface area contributed by atoms with E-state index in [-0.39, 0.29) is 47.7 Å². The molecule has 2 atom stereocenters. The number of methoxy groups -OCH3 is 2. The lowest BCUT2D eigenvalue weighted by Gasteiger charge is -2.44. The van der Waals surface area contributed by atoms with Crippen molar-refractivity contribution in [1.29, 1.82) is 0 Å². The number of carbonyl (C=O) groups excluding carboxylic acids is 3. The molecule has 0 bridgehead atoms. The smallest absolute Gasteiger partial charge is 0.359 e. The van der Waals surface area contributed by atoms with Crippen molar-refractivity contribution >= 4 is 40.3 Å². The van der Waals surface area contributed by atoms with Crippen LogP contribution < -0.4 is 4.74 Å². The number of benzene rings is 1. The van der Waals surface area contributed by atoms with Crippen LogP contribution in [0.1, 0.15) is 42.1 Å². The minimum Gasteiger partial charge on any atom is -0.506 e. The summed E-state index contributed by atoms with van der Waals surface area (Å²) in [6.07, 6.45) is -0.548. The number of ketones is 1. The number of hydrogen-bond acceptors (Lipinski definition) is 8. The molecule has 9 heteroatoms. The van der Waals surface area contributed by atoms with Crippen LogP contribution in [0.2, 0.25) is 0 Å². The highest BCUT2D eigenvalue weighted by Gasteiger charge is 2.63. The molecule has 0 amide bonds. The molecule has 8 nitrogen and oxygen atoms in total. The summed E-state index contributed by atoms with van der Waals surface area (Å²) in [5.41, 5.74) is -1.54. The molecule has 29 heavy (non-hydrogen) atoms. The normalized spacial score (nSPS) is 22.9. The second-order valence-electron chi connectivity index (χ2n) is 6.76. The van der Waals surface area contributed by atoms with Crippen molar-refractivity contribution in [1.82, 2.24) is 0 Å². The lowest BCUT2D eigenvalue weighted by molar-refractivity contribution is -0.178. The molecular weight excluding hydrogens is 495 g/mol. The minimum absolute atomic E-state index is 0.0227. The van der Waals surface area contributed by atoms with E-state index in [1.54, 1.807) is 19.9 Å². The first kappa shape index (κ1) is 21.4. The van der Waals surface area contributed by atoms with E-state index < -0.39 is 29.4 Å². The van der Waals surface area contributed by atoms with Gasteiger partial charge in [0.05, 0.1) is 23.4 Å². The summed E-state index contributed by atoms with van der Waals surface area (Å²) in [5, 5.41) is 10.6. The van der Waals surface area contributed by atoms with E-state index in [0.717, 1.165) is 7.11 Å². The third kappa shape index (κ3) is 3.15. The standard InChI is InChI=1S/C20H21IO8/c1-5-13(22)28-12-7-6-10(26-3)15-17(23)14-11(8-9(2)16(21)18(14)24)29-20(12,15)19(25)27-4/h8,12,24H,5-7H2,1-4H3/t12-,20+/m1/s1. The largest absolute Gasteiger partial charge is 0.506 e. The number of fused-ring (bicyclic) bond motifs is 2. The van der Waals surface area contributed by atoms with Crippen LogP contribution in [0.15, 0.2) is 17.4 Å². The van der Waals surface area contributed by atoms with E-state index in [1.807, 2.05) is 22.6 Å². The molecule has 0 saturated heterocycles. The maximum atomic E-state index is 13.5. The SMILES string of the molecule is CCC(=O)O[C@@H]1CCC(OC)=C2C(=O)c3c(cc(C)c(I)c3O)O[C@]21C(=O)OC. The van der Waals surface area contributed by atoms with Crippen molar-refractivity contribution < 1.29 is 38.4 Å². The number of carbonyl (C=O) groups is 3. The van der Waals surface area contributed by atoms with Crippen LogP contribution in [0.5, 0.6) is 11.5 Å². The Kier molecular flexibility index (Phi) is 5.79. The fourth-order valence-electron chi connectivity index (χ4n) is 3.73. The molecule has 1 aliphatic carbocycles. The Morgan fingerprint density at radius 2 is 2.07 bits per heavy atom. The molecule has 3 rings (SSSR count). The average molecular weight is 516 g/mol. The highest BCUT2D eigenvalue weighted by atomic mass is 127. The topological polar surface area (TPSA) is 108 Å². The van der Waals surface area contributed by atoms with Crippen molar-refractivity contribution in [3.05, 3.63) is 32.1 Å². The number of esters is 2. The highest BCUT2D eigenvalue weighted by molar-refractivity contribution is 14.1. The second kappa shape index (κ2) is 7.85. The Balaban J connectivity index is 2.33. The van der Waals surface area contributed by atoms with Gasteiger partial charge in [-0.05, 0) is 47.6 Å². The third-order valence-electron chi connectivity index (χ3n) is 5.14. The number of halogens is 1. The first-order valence-corrected chi connectivity index (χ1v) is 10.1. The Morgan fingerprint density at radius 1 is 1.38 bits per heavy atom. The Bertz CT molecular complexity index is 935. The maximum absolute atomic E-state index is 13.5. The van der Waals surface area contributed by atoms with E-state index in [2.05, 4.69) is 0 Å². The molecule has 1 heterocycles. The molecule has 0 saturated carbocycles. The van der Waals surface area contributed by atoms with Crippen molar-refractivity contribution in [2.24, 2.45) is 0 Å². The summed E-state index contributed by atoms with van der Waals surface area (Å²) < 4.78 is 22.4. The fourth-order valence-corrected chi connectivity index (χ4v) is 4.15. The van der Waals surface area contributed by atoms with Gasteiger partial charge in [-0.2, -0.15) is 0 Å². The molecule has 0 aromatic heterocycles. The number of ether oxygens (including phenoxy) is 4. The zero-order valence-electron chi connectivity index (χ0n) is 16.5. The molecule has 0 radical (unpaired) electrons. The van der Waals surface area contributed by atoms with Crippen LogP contribution >= 0.6 is 22.6 Å². The summed E-state index contributed by atoms with van der Waals surface area (Å²) in [7, 11) is 2.54. The van der Waals surface area contributed by atoms with E-state index in [4.69, 9.17) is 18.9 Å². The Labute approximate surface area is 181 Å². The van der Waals surface area contributed by atoms with Crippen LogP contribution in [-0.2, 0) is 23.8 Å². The molecule has 1 aliphatic heterocycles. The van der Waals surface area contributed by atoms with Gasteiger partial charge in [-0.3, -0.25) is 9.59 Å². The Hall–Kier alpha value is -2.30. The van der Waals surface area contributed by atoms with Gasteiger partial charge in [-0.1, -0.05) is 6.92 Å². The minimum atomic E-state index is -2.01. The number of phenols is 1. The monoisotopic (exact) mass is 516 g/mol. The summed E-state index contributed by atoms with van der Waals surface area (Å²) in [5.74, 6) is -2.03. The predicted octanol–water partition coefficient (Wildman–Crippen LogP) is 2.81. The summed E-state index contributed by atoms with van der Waals surface area (Å²) in [6, 6.07) is 1.57. The molecule has 0 unspecified atom stereocenters. The van der Waals surface area contributed by atoms with Gasteiger partial charge in [0.1, 0.15) is 22.8 Å². The van der Waals surface area contributed by atoms with Crippen LogP contribution in [0, 0.1) is 10.5 Å². The van der Waals surface area contributed by atoms with E-state index in [9.17, 15) is 19.5 Å². The number of aryl methyl sites for hydroxylation is 1. The number of allylic oxidation sites excluding steroid dienone is 1. The summed E-state index contributed by atoms with van der Waals surface area (Å²) in [4.78, 5) is 38.5. The highest BCUT2D eigenvalue weighted by Crippen LogP contribution is 2.50. The first-order chi connectivity index (χ1) is 13.7. The van der Waals surface area contributed by atoms with Crippen LogP contribution in [0.4, 0.5) is 0 Å². The summed E-state index contributed by atoms with van der Waals surface area (Å²) in [6.45, 7) is 3.36. The van der Waals surface area contributed by atoms with Crippen LogP contribution in [0.3, 0.4) is 0 Å².